The molecule has 3 heteroatoms. The zero-order valence-corrected chi connectivity index (χ0v) is 19.0. The van der Waals surface area contributed by atoms with Crippen LogP contribution in [-0.4, -0.2) is 5.37 Å². The van der Waals surface area contributed by atoms with Crippen LogP contribution in [0, 0.1) is 12.3 Å². The van der Waals surface area contributed by atoms with E-state index < -0.39 is 0 Å². The number of hydrogen-bond donors (Lipinski definition) is 0. The van der Waals surface area contributed by atoms with Crippen LogP contribution in [0.3, 0.4) is 0 Å². The van der Waals surface area contributed by atoms with Gasteiger partial charge in [0.05, 0.1) is 11.1 Å². The maximum Gasteiger partial charge on any atom is 0.159 e. The van der Waals surface area contributed by atoms with Gasteiger partial charge < -0.3 is 9.32 Å². The first-order chi connectivity index (χ1) is 14.4. The van der Waals surface area contributed by atoms with Crippen LogP contribution in [0.25, 0.3) is 26.8 Å². The molecule has 30 heavy (non-hydrogen) atoms. The van der Waals surface area contributed by atoms with Crippen LogP contribution >= 0.6 is 11.8 Å². The highest BCUT2D eigenvalue weighted by Gasteiger charge is 2.41. The third kappa shape index (κ3) is 2.95. The Morgan fingerprint density at radius 1 is 0.833 bits per heavy atom. The summed E-state index contributed by atoms with van der Waals surface area (Å²) in [4.78, 5) is 3.87. The molecule has 0 aliphatic carbocycles. The van der Waals surface area contributed by atoms with Gasteiger partial charge in [0, 0.05) is 21.4 Å². The second-order valence-electron chi connectivity index (χ2n) is 9.19. The smallest absolute Gasteiger partial charge is 0.159 e. The SMILES string of the molecule is CC1=C(c2ccccc2)SC(C(C)(C)C)N1c1c(C)ccc2c1oc1ccccc12. The Morgan fingerprint density at radius 3 is 2.27 bits per heavy atom. The van der Waals surface area contributed by atoms with Gasteiger partial charge in [0.1, 0.15) is 5.58 Å². The predicted molar refractivity (Wildman–Crippen MR) is 131 cm³/mol. The Morgan fingerprint density at radius 2 is 1.53 bits per heavy atom. The summed E-state index contributed by atoms with van der Waals surface area (Å²) in [5.41, 5.74) is 7.03. The lowest BCUT2D eigenvalue weighted by atomic mass is 9.94. The lowest BCUT2D eigenvalue weighted by Gasteiger charge is -2.37. The first kappa shape index (κ1) is 19.3. The number of hydrogen-bond acceptors (Lipinski definition) is 3. The van der Waals surface area contributed by atoms with Crippen molar-refractivity contribution in [2.75, 3.05) is 4.90 Å². The number of aryl methyl sites for hydroxylation is 1. The molecular weight excluding hydrogens is 386 g/mol. The molecule has 0 saturated heterocycles. The van der Waals surface area contributed by atoms with Crippen molar-refractivity contribution in [2.45, 2.75) is 40.0 Å². The highest BCUT2D eigenvalue weighted by Crippen LogP contribution is 2.53. The Balaban J connectivity index is 1.79. The molecule has 1 unspecified atom stereocenters. The van der Waals surface area contributed by atoms with E-state index in [0.29, 0.717) is 0 Å². The van der Waals surface area contributed by atoms with Crippen molar-refractivity contribution in [1.82, 2.24) is 0 Å². The zero-order chi connectivity index (χ0) is 21.0. The third-order valence-electron chi connectivity index (χ3n) is 5.89. The van der Waals surface area contributed by atoms with Crippen LogP contribution < -0.4 is 4.90 Å². The number of furan rings is 1. The number of para-hydroxylation sites is 1. The average Bonchev–Trinajstić information content (AvgIpc) is 3.26. The van der Waals surface area contributed by atoms with E-state index in [1.807, 2.05) is 17.8 Å². The lowest BCUT2D eigenvalue weighted by molar-refractivity contribution is 0.395. The fraction of sp³-hybridized carbons (Fsp3) is 0.259. The number of thioether (sulfide) groups is 1. The van der Waals surface area contributed by atoms with Crippen LogP contribution in [0.2, 0.25) is 0 Å². The van der Waals surface area contributed by atoms with Gasteiger partial charge in [-0.05, 0) is 36.5 Å². The van der Waals surface area contributed by atoms with E-state index in [1.165, 1.54) is 38.2 Å². The third-order valence-corrected chi connectivity index (χ3v) is 7.80. The minimum atomic E-state index is 0.0864. The van der Waals surface area contributed by atoms with E-state index in [9.17, 15) is 0 Å². The fourth-order valence-corrected chi connectivity index (χ4v) is 5.91. The van der Waals surface area contributed by atoms with Crippen LogP contribution in [0.5, 0.6) is 0 Å². The van der Waals surface area contributed by atoms with Gasteiger partial charge in [-0.3, -0.25) is 0 Å². The Hall–Kier alpha value is -2.65. The summed E-state index contributed by atoms with van der Waals surface area (Å²) in [5, 5.41) is 2.65. The van der Waals surface area contributed by atoms with Crippen molar-refractivity contribution >= 4 is 44.3 Å². The van der Waals surface area contributed by atoms with Crippen molar-refractivity contribution in [2.24, 2.45) is 5.41 Å². The summed E-state index contributed by atoms with van der Waals surface area (Å²) in [6, 6.07) is 23.5. The number of nitrogens with zero attached hydrogens (tertiary/aromatic N) is 1. The van der Waals surface area contributed by atoms with Gasteiger partial charge in [0.2, 0.25) is 0 Å². The van der Waals surface area contributed by atoms with Gasteiger partial charge in [-0.2, -0.15) is 0 Å². The summed E-state index contributed by atoms with van der Waals surface area (Å²) < 4.78 is 6.45. The van der Waals surface area contributed by atoms with Crippen LogP contribution in [0.15, 0.2) is 76.8 Å². The van der Waals surface area contributed by atoms with Crippen molar-refractivity contribution in [3.8, 4) is 0 Å². The molecule has 0 radical (unpaired) electrons. The van der Waals surface area contributed by atoms with Crippen LogP contribution in [0.4, 0.5) is 5.69 Å². The number of fused-ring (bicyclic) bond motifs is 3. The number of benzene rings is 3. The molecule has 0 saturated carbocycles. The molecule has 3 aromatic carbocycles. The van der Waals surface area contributed by atoms with Crippen molar-refractivity contribution in [1.29, 1.82) is 0 Å². The summed E-state index contributed by atoms with van der Waals surface area (Å²) >= 11 is 1.97. The minimum Gasteiger partial charge on any atom is -0.454 e. The maximum absolute atomic E-state index is 6.45. The Bertz CT molecular complexity index is 1280. The summed E-state index contributed by atoms with van der Waals surface area (Å²) in [6.07, 6.45) is 0. The van der Waals surface area contributed by atoms with Gasteiger partial charge in [0.15, 0.2) is 5.58 Å². The first-order valence-corrected chi connectivity index (χ1v) is 11.4. The predicted octanol–water partition coefficient (Wildman–Crippen LogP) is 8.21. The van der Waals surface area contributed by atoms with Gasteiger partial charge in [-0.15, -0.1) is 0 Å². The van der Waals surface area contributed by atoms with Crippen molar-refractivity contribution < 1.29 is 4.42 Å². The fourth-order valence-electron chi connectivity index (χ4n) is 4.42. The largest absolute Gasteiger partial charge is 0.454 e. The van der Waals surface area contributed by atoms with Gasteiger partial charge in [-0.1, -0.05) is 93.2 Å². The second-order valence-corrected chi connectivity index (χ2v) is 10.3. The number of allylic oxidation sites excluding steroid dienone is 1. The molecule has 152 valence electrons. The van der Waals surface area contributed by atoms with Crippen LogP contribution in [-0.2, 0) is 0 Å². The molecule has 1 aliphatic heterocycles. The zero-order valence-electron chi connectivity index (χ0n) is 18.2. The molecule has 0 spiro atoms. The normalized spacial score (nSPS) is 17.5. The molecule has 1 aliphatic rings. The molecule has 2 nitrogen and oxygen atoms in total. The molecule has 4 aromatic rings. The molecule has 1 aromatic heterocycles. The van der Waals surface area contributed by atoms with Gasteiger partial charge in [0.25, 0.3) is 0 Å². The van der Waals surface area contributed by atoms with Crippen LogP contribution in [0.1, 0.15) is 38.8 Å². The second kappa shape index (κ2) is 6.95. The minimum absolute atomic E-state index is 0.0864. The lowest BCUT2D eigenvalue weighted by Crippen LogP contribution is -2.38. The average molecular weight is 414 g/mol. The van der Waals surface area contributed by atoms with E-state index in [-0.39, 0.29) is 10.8 Å². The summed E-state index contributed by atoms with van der Waals surface area (Å²) in [7, 11) is 0. The molecule has 2 heterocycles. The van der Waals surface area contributed by atoms with E-state index in [0.717, 1.165) is 11.2 Å². The topological polar surface area (TPSA) is 16.4 Å². The maximum atomic E-state index is 6.45. The van der Waals surface area contributed by atoms with E-state index >= 15 is 0 Å². The molecule has 1 atom stereocenters. The molecule has 5 rings (SSSR count). The molecule has 0 bridgehead atoms. The molecule has 0 N–H and O–H groups in total. The quantitative estimate of drug-likeness (QED) is 0.329. The molecule has 0 fully saturated rings. The van der Waals surface area contributed by atoms with E-state index in [2.05, 4.69) is 100 Å². The monoisotopic (exact) mass is 413 g/mol. The summed E-state index contributed by atoms with van der Waals surface area (Å²) in [6.45, 7) is 11.4. The number of anilines is 1. The highest BCUT2D eigenvalue weighted by molar-refractivity contribution is 8.09. The van der Waals surface area contributed by atoms with Crippen molar-refractivity contribution in [3.63, 3.8) is 0 Å². The Kier molecular flexibility index (Phi) is 4.48. The van der Waals surface area contributed by atoms with Gasteiger partial charge in [-0.25, -0.2) is 0 Å². The van der Waals surface area contributed by atoms with Crippen molar-refractivity contribution in [3.05, 3.63) is 83.6 Å². The van der Waals surface area contributed by atoms with E-state index in [4.69, 9.17) is 4.42 Å². The van der Waals surface area contributed by atoms with E-state index in [1.54, 1.807) is 0 Å². The Labute approximate surface area is 182 Å². The highest BCUT2D eigenvalue weighted by atomic mass is 32.2. The first-order valence-electron chi connectivity index (χ1n) is 10.5. The standard InChI is InChI=1S/C27H27NOS/c1-17-15-16-21-20-13-9-10-14-22(20)29-24(21)23(17)28-18(2)25(19-11-7-6-8-12-19)30-26(28)27(3,4)5/h6-16,26H,1-5H3. The molecular formula is C27H27NOS. The number of rotatable bonds is 2. The molecule has 0 amide bonds. The van der Waals surface area contributed by atoms with Gasteiger partial charge >= 0.3 is 0 Å². The summed E-state index contributed by atoms with van der Waals surface area (Å²) in [5.74, 6) is 0.